The van der Waals surface area contributed by atoms with Gasteiger partial charge in [0.1, 0.15) is 5.54 Å². The van der Waals surface area contributed by atoms with Crippen LogP contribution < -0.4 is 20.2 Å². The van der Waals surface area contributed by atoms with Gasteiger partial charge in [0.25, 0.3) is 11.8 Å². The van der Waals surface area contributed by atoms with E-state index in [0.29, 0.717) is 35.3 Å². The molecule has 10 heteroatoms. The predicted molar refractivity (Wildman–Crippen MR) is 96.7 cm³/mol. The lowest BCUT2D eigenvalue weighted by atomic mass is 9.77. The zero-order chi connectivity index (χ0) is 20.6. The Labute approximate surface area is 166 Å². The molecule has 0 unspecified atom stereocenters. The highest BCUT2D eigenvalue weighted by Crippen LogP contribution is 2.36. The Morgan fingerprint density at radius 1 is 1.24 bits per heavy atom. The number of carbonyl (C=O) groups excluding carboxylic acids is 4. The molecule has 2 N–H and O–H groups in total. The average molecular weight is 403 g/mol. The van der Waals surface area contributed by atoms with Gasteiger partial charge in [-0.1, -0.05) is 6.92 Å². The molecule has 1 aromatic rings. The first-order chi connectivity index (χ1) is 13.9. The van der Waals surface area contributed by atoms with Crippen LogP contribution in [0.5, 0.6) is 11.5 Å². The molecule has 2 heterocycles. The number of rotatable bonds is 4. The number of hydrazine groups is 1. The molecule has 29 heavy (non-hydrogen) atoms. The van der Waals surface area contributed by atoms with Gasteiger partial charge in [0.15, 0.2) is 18.1 Å². The van der Waals surface area contributed by atoms with Gasteiger partial charge in [0.2, 0.25) is 6.79 Å². The molecule has 10 nitrogen and oxygen atoms in total. The van der Waals surface area contributed by atoms with Gasteiger partial charge in [0, 0.05) is 0 Å². The van der Waals surface area contributed by atoms with Crippen molar-refractivity contribution in [1.82, 2.24) is 15.8 Å². The van der Waals surface area contributed by atoms with Gasteiger partial charge in [-0.15, -0.1) is 0 Å². The van der Waals surface area contributed by atoms with E-state index in [-0.39, 0.29) is 12.4 Å². The second-order valence-electron chi connectivity index (χ2n) is 7.51. The molecule has 0 aromatic heterocycles. The smallest absolute Gasteiger partial charge is 0.344 e. The number of ether oxygens (including phenoxy) is 3. The maximum atomic E-state index is 12.7. The van der Waals surface area contributed by atoms with E-state index < -0.39 is 36.0 Å². The summed E-state index contributed by atoms with van der Waals surface area (Å²) in [4.78, 5) is 49.1. The van der Waals surface area contributed by atoms with Crippen molar-refractivity contribution in [2.24, 2.45) is 5.92 Å². The van der Waals surface area contributed by atoms with Crippen molar-refractivity contribution in [3.63, 3.8) is 0 Å². The van der Waals surface area contributed by atoms with Crippen LogP contribution >= 0.6 is 0 Å². The van der Waals surface area contributed by atoms with E-state index in [1.54, 1.807) is 6.07 Å². The second-order valence-corrected chi connectivity index (χ2v) is 7.51. The molecule has 4 amide bonds. The fourth-order valence-corrected chi connectivity index (χ4v) is 3.71. The molecular formula is C19H21N3O7. The van der Waals surface area contributed by atoms with E-state index in [9.17, 15) is 19.2 Å². The Kier molecular flexibility index (Phi) is 4.77. The molecule has 1 saturated heterocycles. The molecule has 1 aliphatic carbocycles. The van der Waals surface area contributed by atoms with Crippen molar-refractivity contribution < 1.29 is 33.4 Å². The van der Waals surface area contributed by atoms with Crippen molar-refractivity contribution in [2.75, 3.05) is 13.4 Å². The molecule has 2 aliphatic heterocycles. The zero-order valence-electron chi connectivity index (χ0n) is 15.9. The zero-order valence-corrected chi connectivity index (χ0v) is 15.9. The number of nitrogens with one attached hydrogen (secondary N) is 2. The van der Waals surface area contributed by atoms with Crippen molar-refractivity contribution >= 4 is 23.8 Å². The van der Waals surface area contributed by atoms with Crippen molar-refractivity contribution in [3.8, 4) is 11.5 Å². The maximum Gasteiger partial charge on any atom is 0.344 e. The summed E-state index contributed by atoms with van der Waals surface area (Å²) in [5.41, 5.74) is 1.45. The number of amides is 4. The second kappa shape index (κ2) is 7.26. The van der Waals surface area contributed by atoms with Gasteiger partial charge in [-0.2, -0.15) is 5.01 Å². The molecule has 154 valence electrons. The van der Waals surface area contributed by atoms with Crippen molar-refractivity contribution in [3.05, 3.63) is 23.8 Å². The number of urea groups is 1. The lowest BCUT2D eigenvalue weighted by Gasteiger charge is -2.33. The Balaban J connectivity index is 1.32. The van der Waals surface area contributed by atoms with Crippen LogP contribution in [0.15, 0.2) is 18.2 Å². The van der Waals surface area contributed by atoms with Crippen molar-refractivity contribution in [1.29, 1.82) is 0 Å². The van der Waals surface area contributed by atoms with Gasteiger partial charge in [-0.05, 0) is 49.8 Å². The number of carbonyl (C=O) groups is 4. The van der Waals surface area contributed by atoms with Crippen LogP contribution in [0.1, 0.15) is 43.0 Å². The highest BCUT2D eigenvalue weighted by molar-refractivity contribution is 6.08. The maximum absolute atomic E-state index is 12.7. The first kappa shape index (κ1) is 19.0. The summed E-state index contributed by atoms with van der Waals surface area (Å²) in [5.74, 6) is -0.592. The standard InChI is InChI=1S/C19H21N3O7/c1-11-4-6-19(7-5-11)17(25)22(18(26)20-19)21-15(23)9-27-16(24)12-2-3-13-14(8-12)29-10-28-13/h2-3,8,11H,4-7,9-10H2,1H3,(H,20,26)(H,21,23). The minimum atomic E-state index is -0.958. The third-order valence-corrected chi connectivity index (χ3v) is 5.47. The number of benzene rings is 1. The van der Waals surface area contributed by atoms with Crippen molar-refractivity contribution in [2.45, 2.75) is 38.1 Å². The molecule has 1 spiro atoms. The molecule has 4 rings (SSSR count). The molecule has 1 saturated carbocycles. The van der Waals surface area contributed by atoms with Crippen LogP contribution in [0.25, 0.3) is 0 Å². The third kappa shape index (κ3) is 3.57. The summed E-state index contributed by atoms with van der Waals surface area (Å²) >= 11 is 0. The van der Waals surface area contributed by atoms with Gasteiger partial charge < -0.3 is 19.5 Å². The van der Waals surface area contributed by atoms with Gasteiger partial charge in [0.05, 0.1) is 5.56 Å². The normalized spacial score (nSPS) is 25.1. The molecule has 3 aliphatic rings. The molecule has 0 bridgehead atoms. The number of esters is 1. The molecule has 2 fully saturated rings. The Hall–Kier alpha value is -3.30. The fraction of sp³-hybridized carbons (Fsp3) is 0.474. The summed E-state index contributed by atoms with van der Waals surface area (Å²) < 4.78 is 15.3. The highest BCUT2D eigenvalue weighted by Gasteiger charge is 2.52. The summed E-state index contributed by atoms with van der Waals surface area (Å²) in [6, 6.07) is 3.82. The van der Waals surface area contributed by atoms with Crippen LogP contribution in [0.3, 0.4) is 0 Å². The van der Waals surface area contributed by atoms with E-state index in [4.69, 9.17) is 14.2 Å². The van der Waals surface area contributed by atoms with Gasteiger partial charge >= 0.3 is 12.0 Å². The minimum Gasteiger partial charge on any atom is -0.454 e. The quantitative estimate of drug-likeness (QED) is 0.570. The van der Waals surface area contributed by atoms with Crippen LogP contribution in [0.2, 0.25) is 0 Å². The van der Waals surface area contributed by atoms with Gasteiger partial charge in [-0.25, -0.2) is 9.59 Å². The Bertz CT molecular complexity index is 877. The summed E-state index contributed by atoms with van der Waals surface area (Å²) in [7, 11) is 0. The number of hydrogen-bond acceptors (Lipinski definition) is 7. The lowest BCUT2D eigenvalue weighted by Crippen LogP contribution is -2.52. The van der Waals surface area contributed by atoms with E-state index in [2.05, 4.69) is 17.7 Å². The molecular weight excluding hydrogens is 382 g/mol. The largest absolute Gasteiger partial charge is 0.454 e. The summed E-state index contributed by atoms with van der Waals surface area (Å²) in [6.07, 6.45) is 2.70. The van der Waals surface area contributed by atoms with Crippen LogP contribution in [-0.2, 0) is 14.3 Å². The summed E-state index contributed by atoms with van der Waals surface area (Å²) in [6.45, 7) is 1.53. The van der Waals surface area contributed by atoms with Crippen LogP contribution in [-0.4, -0.2) is 47.8 Å². The van der Waals surface area contributed by atoms with E-state index >= 15 is 0 Å². The van der Waals surface area contributed by atoms with E-state index in [0.717, 1.165) is 12.8 Å². The summed E-state index contributed by atoms with van der Waals surface area (Å²) in [5, 5.41) is 3.37. The van der Waals surface area contributed by atoms with E-state index in [1.807, 2.05) is 0 Å². The average Bonchev–Trinajstić information content (AvgIpc) is 3.26. The SMILES string of the molecule is CC1CCC2(CC1)NC(=O)N(NC(=O)COC(=O)c1ccc3c(c1)OCO3)C2=O. The molecule has 1 aromatic carbocycles. The first-order valence-corrected chi connectivity index (χ1v) is 9.41. The Morgan fingerprint density at radius 3 is 2.72 bits per heavy atom. The topological polar surface area (TPSA) is 123 Å². The van der Waals surface area contributed by atoms with Gasteiger partial charge in [-0.3, -0.25) is 15.0 Å². The van der Waals surface area contributed by atoms with Crippen LogP contribution in [0.4, 0.5) is 4.79 Å². The van der Waals surface area contributed by atoms with Crippen LogP contribution in [0, 0.1) is 5.92 Å². The lowest BCUT2D eigenvalue weighted by molar-refractivity contribution is -0.141. The molecule has 0 radical (unpaired) electrons. The minimum absolute atomic E-state index is 0.0720. The number of imide groups is 1. The third-order valence-electron chi connectivity index (χ3n) is 5.47. The number of hydrogen-bond donors (Lipinski definition) is 2. The van der Waals surface area contributed by atoms with E-state index in [1.165, 1.54) is 12.1 Å². The monoisotopic (exact) mass is 403 g/mol. The number of fused-ring (bicyclic) bond motifs is 1. The highest BCUT2D eigenvalue weighted by atomic mass is 16.7. The molecule has 0 atom stereocenters. The predicted octanol–water partition coefficient (Wildman–Crippen LogP) is 1.10. The Morgan fingerprint density at radius 2 is 1.97 bits per heavy atom. The first-order valence-electron chi connectivity index (χ1n) is 9.41. The fourth-order valence-electron chi connectivity index (χ4n) is 3.71. The number of nitrogens with zero attached hydrogens (tertiary/aromatic N) is 1.